The van der Waals surface area contributed by atoms with E-state index in [1.807, 2.05) is 29.1 Å². The van der Waals surface area contributed by atoms with Gasteiger partial charge in [-0.1, -0.05) is 0 Å². The van der Waals surface area contributed by atoms with E-state index in [1.54, 1.807) is 14.2 Å². The minimum absolute atomic E-state index is 0.394. The number of hydrogen-bond donors (Lipinski definition) is 1. The van der Waals surface area contributed by atoms with Crippen molar-refractivity contribution in [1.29, 1.82) is 0 Å². The molecule has 1 N–H and O–H groups in total. The number of aromatic nitrogens is 2. The van der Waals surface area contributed by atoms with E-state index in [0.717, 1.165) is 37.2 Å². The molecule has 0 radical (unpaired) electrons. The normalized spacial score (nSPS) is 19.1. The van der Waals surface area contributed by atoms with E-state index in [9.17, 15) is 5.11 Å². The van der Waals surface area contributed by atoms with Gasteiger partial charge in [0.1, 0.15) is 11.5 Å². The summed E-state index contributed by atoms with van der Waals surface area (Å²) >= 11 is 0. The van der Waals surface area contributed by atoms with Gasteiger partial charge in [-0.2, -0.15) is 5.10 Å². The van der Waals surface area contributed by atoms with Crippen molar-refractivity contribution >= 4 is 0 Å². The number of hydrogen-bond acceptors (Lipinski definition) is 5. The summed E-state index contributed by atoms with van der Waals surface area (Å²) in [7, 11) is 3.25. The molecule has 0 spiro atoms. The average Bonchev–Trinajstić information content (AvgIpc) is 3.23. The zero-order chi connectivity index (χ0) is 17.8. The number of nitrogens with zero attached hydrogens (tertiary/aromatic N) is 3. The van der Waals surface area contributed by atoms with Crippen molar-refractivity contribution in [3.8, 4) is 11.5 Å². The van der Waals surface area contributed by atoms with E-state index >= 15 is 0 Å². The molecule has 2 aromatic rings. The Balaban J connectivity index is 1.70. The highest BCUT2D eigenvalue weighted by molar-refractivity contribution is 5.41. The van der Waals surface area contributed by atoms with Crippen LogP contribution in [-0.2, 0) is 6.54 Å². The summed E-state index contributed by atoms with van der Waals surface area (Å²) in [6, 6.07) is 5.93. The first-order valence-corrected chi connectivity index (χ1v) is 8.74. The topological polar surface area (TPSA) is 59.8 Å². The summed E-state index contributed by atoms with van der Waals surface area (Å²) in [6.07, 6.45) is 5.60. The van der Waals surface area contributed by atoms with Crippen molar-refractivity contribution in [2.75, 3.05) is 27.3 Å². The lowest BCUT2D eigenvalue weighted by Crippen LogP contribution is -2.36. The number of aliphatic hydroxyl groups is 1. The van der Waals surface area contributed by atoms with E-state index < -0.39 is 6.10 Å². The van der Waals surface area contributed by atoms with Crippen LogP contribution in [0.15, 0.2) is 30.6 Å². The number of likely N-dealkylation sites (tertiary alicyclic amines) is 1. The predicted molar refractivity (Wildman–Crippen MR) is 96.1 cm³/mol. The van der Waals surface area contributed by atoms with Crippen LogP contribution in [0.4, 0.5) is 0 Å². The van der Waals surface area contributed by atoms with E-state index in [2.05, 4.69) is 23.1 Å². The van der Waals surface area contributed by atoms with Gasteiger partial charge < -0.3 is 14.6 Å². The van der Waals surface area contributed by atoms with Gasteiger partial charge in [0, 0.05) is 24.3 Å². The molecule has 1 aliphatic rings. The third-order valence-electron chi connectivity index (χ3n) is 4.86. The van der Waals surface area contributed by atoms with Crippen molar-refractivity contribution in [3.05, 3.63) is 41.7 Å². The Kier molecular flexibility index (Phi) is 5.60. The van der Waals surface area contributed by atoms with E-state index in [-0.39, 0.29) is 0 Å². The number of β-amino-alcohol motifs (C(OH)–C–C–N with tert-alkyl or cyclic N) is 1. The van der Waals surface area contributed by atoms with Gasteiger partial charge in [-0.25, -0.2) is 0 Å². The third kappa shape index (κ3) is 4.14. The number of ether oxygens (including phenoxy) is 2. The number of aryl methyl sites for hydroxylation is 1. The third-order valence-corrected chi connectivity index (χ3v) is 4.86. The van der Waals surface area contributed by atoms with Crippen LogP contribution in [0, 0.1) is 6.92 Å². The highest BCUT2D eigenvalue weighted by atomic mass is 16.5. The van der Waals surface area contributed by atoms with Gasteiger partial charge in [0.05, 0.1) is 33.1 Å². The Labute approximate surface area is 149 Å². The number of aliphatic hydroxyl groups excluding tert-OH is 1. The van der Waals surface area contributed by atoms with Crippen molar-refractivity contribution < 1.29 is 14.6 Å². The minimum Gasteiger partial charge on any atom is -0.497 e. The van der Waals surface area contributed by atoms with Crippen LogP contribution in [0.25, 0.3) is 0 Å². The summed E-state index contributed by atoms with van der Waals surface area (Å²) < 4.78 is 12.7. The lowest BCUT2D eigenvalue weighted by molar-refractivity contribution is 0.0982. The molecule has 0 amide bonds. The van der Waals surface area contributed by atoms with Crippen LogP contribution >= 0.6 is 0 Å². The smallest absolute Gasteiger partial charge is 0.124 e. The van der Waals surface area contributed by atoms with Crippen LogP contribution in [0.3, 0.4) is 0 Å². The molecule has 1 fully saturated rings. The molecule has 1 aromatic heterocycles. The number of benzene rings is 1. The van der Waals surface area contributed by atoms with Crippen molar-refractivity contribution in [1.82, 2.24) is 14.7 Å². The standard InChI is InChI=1S/C19H27N3O3/c1-14-10-20-22(11-14)12-15-5-4-8-21(15)13-18(23)17-9-16(24-2)6-7-19(17)25-3/h6-7,9-11,15,18,23H,4-5,8,12-13H2,1-3H3. The Morgan fingerprint density at radius 2 is 2.16 bits per heavy atom. The van der Waals surface area contributed by atoms with Crippen molar-refractivity contribution in [2.45, 2.75) is 38.5 Å². The molecular formula is C19H27N3O3. The van der Waals surface area contributed by atoms with Gasteiger partial charge in [0.15, 0.2) is 0 Å². The molecule has 2 atom stereocenters. The molecule has 2 unspecified atom stereocenters. The summed E-state index contributed by atoms with van der Waals surface area (Å²) in [5, 5.41) is 15.2. The van der Waals surface area contributed by atoms with E-state index in [0.29, 0.717) is 18.3 Å². The monoisotopic (exact) mass is 345 g/mol. The Hall–Kier alpha value is -2.05. The molecule has 1 saturated heterocycles. The minimum atomic E-state index is -0.620. The maximum absolute atomic E-state index is 10.8. The van der Waals surface area contributed by atoms with Crippen LogP contribution in [0.5, 0.6) is 11.5 Å². The predicted octanol–water partition coefficient (Wildman–Crippen LogP) is 2.41. The molecule has 0 aliphatic carbocycles. The fourth-order valence-corrected chi connectivity index (χ4v) is 3.55. The van der Waals surface area contributed by atoms with Gasteiger partial charge in [-0.15, -0.1) is 0 Å². The zero-order valence-electron chi connectivity index (χ0n) is 15.2. The van der Waals surface area contributed by atoms with Gasteiger partial charge >= 0.3 is 0 Å². The van der Waals surface area contributed by atoms with Gasteiger partial charge in [-0.3, -0.25) is 9.58 Å². The summed E-state index contributed by atoms with van der Waals surface area (Å²) in [6.45, 7) is 4.48. The summed E-state index contributed by atoms with van der Waals surface area (Å²) in [4.78, 5) is 2.35. The highest BCUT2D eigenvalue weighted by Gasteiger charge is 2.28. The molecule has 0 bridgehead atoms. The SMILES string of the molecule is COc1ccc(OC)c(C(O)CN2CCCC2Cn2cc(C)cn2)c1. The molecule has 2 heterocycles. The second-order valence-electron chi connectivity index (χ2n) is 6.65. The zero-order valence-corrected chi connectivity index (χ0v) is 15.2. The van der Waals surface area contributed by atoms with Gasteiger partial charge in [0.25, 0.3) is 0 Å². The first-order valence-electron chi connectivity index (χ1n) is 8.74. The first kappa shape index (κ1) is 17.8. The molecule has 136 valence electrons. The average molecular weight is 345 g/mol. The molecule has 1 aliphatic heterocycles. The van der Waals surface area contributed by atoms with Gasteiger partial charge in [-0.05, 0) is 50.1 Å². The van der Waals surface area contributed by atoms with Crippen molar-refractivity contribution in [2.24, 2.45) is 0 Å². The van der Waals surface area contributed by atoms with Crippen LogP contribution in [0.1, 0.15) is 30.1 Å². The first-order chi connectivity index (χ1) is 12.1. The number of rotatable bonds is 7. The Morgan fingerprint density at radius 1 is 1.32 bits per heavy atom. The van der Waals surface area contributed by atoms with Gasteiger partial charge in [0.2, 0.25) is 0 Å². The second-order valence-corrected chi connectivity index (χ2v) is 6.65. The fraction of sp³-hybridized carbons (Fsp3) is 0.526. The van der Waals surface area contributed by atoms with E-state index in [4.69, 9.17) is 9.47 Å². The Morgan fingerprint density at radius 3 is 2.84 bits per heavy atom. The molecule has 3 rings (SSSR count). The Bertz CT molecular complexity index is 701. The van der Waals surface area contributed by atoms with Crippen LogP contribution in [0.2, 0.25) is 0 Å². The molecule has 6 nitrogen and oxygen atoms in total. The van der Waals surface area contributed by atoms with Crippen molar-refractivity contribution in [3.63, 3.8) is 0 Å². The summed E-state index contributed by atoms with van der Waals surface area (Å²) in [5.41, 5.74) is 1.94. The lowest BCUT2D eigenvalue weighted by Gasteiger charge is -2.27. The maximum atomic E-state index is 10.8. The van der Waals surface area contributed by atoms with Crippen LogP contribution in [-0.4, -0.2) is 53.1 Å². The quantitative estimate of drug-likeness (QED) is 0.835. The molecule has 25 heavy (non-hydrogen) atoms. The highest BCUT2D eigenvalue weighted by Crippen LogP contribution is 2.31. The van der Waals surface area contributed by atoms with E-state index in [1.165, 1.54) is 5.56 Å². The molecule has 0 saturated carbocycles. The molecule has 6 heteroatoms. The van der Waals surface area contributed by atoms with Crippen LogP contribution < -0.4 is 9.47 Å². The maximum Gasteiger partial charge on any atom is 0.124 e. The fourth-order valence-electron chi connectivity index (χ4n) is 3.55. The molecular weight excluding hydrogens is 318 g/mol. The molecule has 1 aromatic carbocycles. The largest absolute Gasteiger partial charge is 0.497 e. The second kappa shape index (κ2) is 7.89. The summed E-state index contributed by atoms with van der Waals surface area (Å²) in [5.74, 6) is 1.41. The number of methoxy groups -OCH3 is 2. The lowest BCUT2D eigenvalue weighted by atomic mass is 10.1.